The van der Waals surface area contributed by atoms with Gasteiger partial charge in [0.2, 0.25) is 0 Å². The molecule has 0 aliphatic rings. The van der Waals surface area contributed by atoms with Gasteiger partial charge in [-0.25, -0.2) is 4.39 Å². The second-order valence-corrected chi connectivity index (χ2v) is 2.75. The van der Waals surface area contributed by atoms with E-state index < -0.39 is 23.3 Å². The van der Waals surface area contributed by atoms with Gasteiger partial charge in [0.25, 0.3) is 0 Å². The fourth-order valence-corrected chi connectivity index (χ4v) is 1.01. The summed E-state index contributed by atoms with van der Waals surface area (Å²) >= 11 is 0. The average Bonchev–Trinajstić information content (AvgIpc) is 2.14. The van der Waals surface area contributed by atoms with E-state index in [1.807, 2.05) is 0 Å². The molecule has 1 aromatic carbocycles. The van der Waals surface area contributed by atoms with Crippen molar-refractivity contribution in [3.63, 3.8) is 0 Å². The fraction of sp³-hybridized carbons (Fsp3) is 0.333. The van der Waals surface area contributed by atoms with Crippen LogP contribution in [0.3, 0.4) is 0 Å². The highest BCUT2D eigenvalue weighted by Gasteiger charge is 2.35. The lowest BCUT2D eigenvalue weighted by molar-refractivity contribution is -0.140. The van der Waals surface area contributed by atoms with Crippen LogP contribution in [0.4, 0.5) is 17.6 Å². The third kappa shape index (κ3) is 2.82. The number of nitrogens with two attached hydrogens (primary N) is 1. The summed E-state index contributed by atoms with van der Waals surface area (Å²) in [6, 6.07) is 2.86. The average molecular weight is 223 g/mol. The van der Waals surface area contributed by atoms with Gasteiger partial charge >= 0.3 is 6.18 Å². The maximum Gasteiger partial charge on any atom is 0.419 e. The van der Waals surface area contributed by atoms with Crippen LogP contribution in [-0.2, 0) is 6.18 Å². The minimum absolute atomic E-state index is 0.0295. The number of halogens is 4. The van der Waals surface area contributed by atoms with Crippen molar-refractivity contribution in [1.82, 2.24) is 0 Å². The highest BCUT2D eigenvalue weighted by molar-refractivity contribution is 5.32. The van der Waals surface area contributed by atoms with Crippen LogP contribution in [-0.4, -0.2) is 13.2 Å². The van der Waals surface area contributed by atoms with Crippen molar-refractivity contribution >= 4 is 0 Å². The van der Waals surface area contributed by atoms with Gasteiger partial charge < -0.3 is 10.5 Å². The van der Waals surface area contributed by atoms with Gasteiger partial charge in [0.1, 0.15) is 6.61 Å². The van der Waals surface area contributed by atoms with E-state index in [0.29, 0.717) is 6.07 Å². The lowest BCUT2D eigenvalue weighted by Gasteiger charge is -2.11. The van der Waals surface area contributed by atoms with Crippen molar-refractivity contribution in [3.8, 4) is 5.75 Å². The van der Waals surface area contributed by atoms with E-state index in [9.17, 15) is 17.6 Å². The Bertz CT molecular complexity index is 337. The lowest BCUT2D eigenvalue weighted by Crippen LogP contribution is -2.13. The van der Waals surface area contributed by atoms with Crippen molar-refractivity contribution in [2.24, 2.45) is 5.73 Å². The van der Waals surface area contributed by atoms with E-state index in [0.717, 1.165) is 12.1 Å². The molecule has 0 aromatic heterocycles. The summed E-state index contributed by atoms with van der Waals surface area (Å²) in [6.45, 7) is 0.0773. The van der Waals surface area contributed by atoms with E-state index >= 15 is 0 Å². The van der Waals surface area contributed by atoms with E-state index in [1.165, 1.54) is 0 Å². The second-order valence-electron chi connectivity index (χ2n) is 2.75. The van der Waals surface area contributed by atoms with Gasteiger partial charge in [0.05, 0.1) is 5.56 Å². The predicted molar refractivity (Wildman–Crippen MR) is 46.0 cm³/mol. The molecule has 0 bridgehead atoms. The Hall–Kier alpha value is -1.30. The molecule has 0 fully saturated rings. The van der Waals surface area contributed by atoms with Crippen LogP contribution >= 0.6 is 0 Å². The number of hydrogen-bond acceptors (Lipinski definition) is 2. The molecule has 0 unspecified atom stereocenters. The van der Waals surface area contributed by atoms with Gasteiger partial charge in [-0.15, -0.1) is 0 Å². The van der Waals surface area contributed by atoms with Crippen LogP contribution in [0.25, 0.3) is 0 Å². The monoisotopic (exact) mass is 223 g/mol. The van der Waals surface area contributed by atoms with E-state index in [2.05, 4.69) is 0 Å². The molecule has 1 aromatic rings. The van der Waals surface area contributed by atoms with E-state index in [-0.39, 0.29) is 13.2 Å². The van der Waals surface area contributed by atoms with E-state index in [1.54, 1.807) is 0 Å². The van der Waals surface area contributed by atoms with Crippen LogP contribution in [0.2, 0.25) is 0 Å². The first-order valence-corrected chi connectivity index (χ1v) is 4.15. The number of hydrogen-bond donors (Lipinski definition) is 1. The van der Waals surface area contributed by atoms with E-state index in [4.69, 9.17) is 10.5 Å². The van der Waals surface area contributed by atoms with Crippen LogP contribution in [0.5, 0.6) is 5.75 Å². The summed E-state index contributed by atoms with van der Waals surface area (Å²) in [7, 11) is 0. The molecule has 84 valence electrons. The van der Waals surface area contributed by atoms with Gasteiger partial charge in [-0.2, -0.15) is 13.2 Å². The molecule has 0 saturated heterocycles. The van der Waals surface area contributed by atoms with Crippen molar-refractivity contribution in [1.29, 1.82) is 0 Å². The van der Waals surface area contributed by atoms with Gasteiger partial charge in [-0.05, 0) is 12.1 Å². The third-order valence-corrected chi connectivity index (χ3v) is 1.64. The van der Waals surface area contributed by atoms with Crippen LogP contribution < -0.4 is 10.5 Å². The first-order chi connectivity index (χ1) is 6.96. The zero-order valence-electron chi connectivity index (χ0n) is 7.64. The molecule has 2 N–H and O–H groups in total. The lowest BCUT2D eigenvalue weighted by atomic mass is 10.2. The Balaban J connectivity index is 3.01. The first kappa shape index (κ1) is 11.8. The van der Waals surface area contributed by atoms with Gasteiger partial charge in [0, 0.05) is 6.54 Å². The summed E-state index contributed by atoms with van der Waals surface area (Å²) in [5.74, 6) is -1.84. The molecule has 0 heterocycles. The predicted octanol–water partition coefficient (Wildman–Crippen LogP) is 2.18. The summed E-state index contributed by atoms with van der Waals surface area (Å²) in [5.41, 5.74) is 3.74. The summed E-state index contributed by atoms with van der Waals surface area (Å²) in [6.07, 6.45) is -4.72. The Morgan fingerprint density at radius 2 is 1.93 bits per heavy atom. The molecule has 6 heteroatoms. The van der Waals surface area contributed by atoms with Crippen molar-refractivity contribution in [3.05, 3.63) is 29.6 Å². The minimum atomic E-state index is -4.72. The van der Waals surface area contributed by atoms with Crippen LogP contribution in [0, 0.1) is 5.82 Å². The number of benzene rings is 1. The van der Waals surface area contributed by atoms with Crippen molar-refractivity contribution in [2.45, 2.75) is 6.18 Å². The maximum absolute atomic E-state index is 13.2. The van der Waals surface area contributed by atoms with Crippen LogP contribution in [0.1, 0.15) is 5.56 Å². The molecule has 0 spiro atoms. The Morgan fingerprint density at radius 3 is 2.47 bits per heavy atom. The number of ether oxygens (including phenoxy) is 1. The fourth-order valence-electron chi connectivity index (χ4n) is 1.01. The molecular weight excluding hydrogens is 214 g/mol. The summed E-state index contributed by atoms with van der Waals surface area (Å²) < 4.78 is 54.6. The standard InChI is InChI=1S/C9H9F4NO/c10-8-6(9(11,12)13)2-1-3-7(8)15-5-4-14/h1-3H,4-5,14H2. The Labute approximate surface area is 83.6 Å². The normalized spacial score (nSPS) is 11.5. The molecular formula is C9H9F4NO. The molecule has 0 aliphatic heterocycles. The van der Waals surface area contributed by atoms with Crippen molar-refractivity contribution < 1.29 is 22.3 Å². The van der Waals surface area contributed by atoms with Gasteiger partial charge in [0.15, 0.2) is 11.6 Å². The highest BCUT2D eigenvalue weighted by Crippen LogP contribution is 2.34. The molecule has 0 atom stereocenters. The van der Waals surface area contributed by atoms with Crippen LogP contribution in [0.15, 0.2) is 18.2 Å². The smallest absolute Gasteiger partial charge is 0.419 e. The summed E-state index contributed by atoms with van der Waals surface area (Å²) in [4.78, 5) is 0. The zero-order valence-corrected chi connectivity index (χ0v) is 7.64. The molecule has 0 amide bonds. The topological polar surface area (TPSA) is 35.2 Å². The van der Waals surface area contributed by atoms with Crippen molar-refractivity contribution in [2.75, 3.05) is 13.2 Å². The Morgan fingerprint density at radius 1 is 1.27 bits per heavy atom. The zero-order chi connectivity index (χ0) is 11.5. The largest absolute Gasteiger partial charge is 0.489 e. The molecule has 15 heavy (non-hydrogen) atoms. The van der Waals surface area contributed by atoms with Gasteiger partial charge in [-0.1, -0.05) is 6.07 Å². The molecule has 2 nitrogen and oxygen atoms in total. The molecule has 0 saturated carbocycles. The molecule has 0 aliphatic carbocycles. The highest BCUT2D eigenvalue weighted by atomic mass is 19.4. The maximum atomic E-state index is 13.2. The third-order valence-electron chi connectivity index (χ3n) is 1.64. The number of rotatable bonds is 3. The number of alkyl halides is 3. The molecule has 0 radical (unpaired) electrons. The quantitative estimate of drug-likeness (QED) is 0.797. The van der Waals surface area contributed by atoms with Gasteiger partial charge in [-0.3, -0.25) is 0 Å². The SMILES string of the molecule is NCCOc1cccc(C(F)(F)F)c1F. The minimum Gasteiger partial charge on any atom is -0.489 e. The first-order valence-electron chi connectivity index (χ1n) is 4.15. The molecule has 1 rings (SSSR count). The summed E-state index contributed by atoms with van der Waals surface area (Å²) in [5, 5.41) is 0. The Kier molecular flexibility index (Phi) is 3.52. The second kappa shape index (κ2) is 4.48.